The fraction of sp³-hybridized carbons (Fsp3) is 0.500. The van der Waals surface area contributed by atoms with E-state index in [0.717, 1.165) is 0 Å². The molecule has 3 N–H and O–H groups in total. The highest BCUT2D eigenvalue weighted by Gasteiger charge is 2.51. The Labute approximate surface area is 127 Å². The van der Waals surface area contributed by atoms with Gasteiger partial charge in [0.2, 0.25) is 11.1 Å². The topological polar surface area (TPSA) is 127 Å². The van der Waals surface area contributed by atoms with Gasteiger partial charge in [-0.1, -0.05) is 11.8 Å². The number of nitrogens with zero attached hydrogens (tertiary/aromatic N) is 5. The first kappa shape index (κ1) is 14.4. The summed E-state index contributed by atoms with van der Waals surface area (Å²) in [6.07, 6.45) is 0. The lowest BCUT2D eigenvalue weighted by atomic mass is 10.0. The van der Waals surface area contributed by atoms with Gasteiger partial charge in [-0.2, -0.15) is 4.80 Å². The Morgan fingerprint density at radius 1 is 1.62 bits per heavy atom. The van der Waals surface area contributed by atoms with Crippen molar-refractivity contribution in [1.29, 1.82) is 0 Å². The molecule has 0 aromatic carbocycles. The van der Waals surface area contributed by atoms with Crippen LogP contribution < -0.4 is 5.73 Å². The van der Waals surface area contributed by atoms with Crippen molar-refractivity contribution in [2.75, 3.05) is 11.5 Å². The summed E-state index contributed by atoms with van der Waals surface area (Å²) >= 11 is 2.77. The molecule has 2 aliphatic heterocycles. The third kappa shape index (κ3) is 2.40. The highest BCUT2D eigenvalue weighted by molar-refractivity contribution is 8.01. The number of thioether (sulfide) groups is 2. The largest absolute Gasteiger partial charge is 0.477 e. The van der Waals surface area contributed by atoms with E-state index in [1.807, 2.05) is 0 Å². The molecule has 1 fully saturated rings. The fourth-order valence-electron chi connectivity index (χ4n) is 2.17. The lowest BCUT2D eigenvalue weighted by Crippen LogP contribution is -2.68. The van der Waals surface area contributed by atoms with Crippen LogP contribution in [-0.4, -0.2) is 65.0 Å². The summed E-state index contributed by atoms with van der Waals surface area (Å²) in [5.41, 5.74) is 6.40. The first-order valence-corrected chi connectivity index (χ1v) is 8.05. The SMILES string of the molecule is Cn1nnc(SCC2=C(C(=O)O)N3C(=O)C(N)[C@@H]3SC2)n1. The van der Waals surface area contributed by atoms with Crippen LogP contribution in [0.4, 0.5) is 0 Å². The molecule has 9 nitrogen and oxygen atoms in total. The lowest BCUT2D eigenvalue weighted by Gasteiger charge is -2.48. The second-order valence-electron chi connectivity index (χ2n) is 4.54. The van der Waals surface area contributed by atoms with Gasteiger partial charge in [0, 0.05) is 11.5 Å². The molecule has 2 aliphatic rings. The molecule has 1 saturated heterocycles. The Morgan fingerprint density at radius 3 is 3.00 bits per heavy atom. The number of tetrazole rings is 1. The Balaban J connectivity index is 1.81. The van der Waals surface area contributed by atoms with Gasteiger partial charge in [0.1, 0.15) is 17.1 Å². The molecule has 11 heteroatoms. The van der Waals surface area contributed by atoms with Crippen LogP contribution in [0.3, 0.4) is 0 Å². The zero-order valence-electron chi connectivity index (χ0n) is 11.0. The number of carbonyl (C=O) groups is 2. The van der Waals surface area contributed by atoms with Gasteiger partial charge in [-0.25, -0.2) is 4.79 Å². The van der Waals surface area contributed by atoms with E-state index in [2.05, 4.69) is 15.4 Å². The quantitative estimate of drug-likeness (QED) is 0.522. The second kappa shape index (κ2) is 5.31. The van der Waals surface area contributed by atoms with Crippen LogP contribution in [0.15, 0.2) is 16.4 Å². The predicted octanol–water partition coefficient (Wildman–Crippen LogP) is -1.12. The van der Waals surface area contributed by atoms with Gasteiger partial charge in [-0.15, -0.1) is 22.0 Å². The monoisotopic (exact) mass is 328 g/mol. The first-order valence-electron chi connectivity index (χ1n) is 6.01. The number of β-lactam (4-membered cyclic amide) rings is 1. The summed E-state index contributed by atoms with van der Waals surface area (Å²) in [4.78, 5) is 25.9. The maximum Gasteiger partial charge on any atom is 0.352 e. The maximum atomic E-state index is 11.8. The number of hydrogen-bond acceptors (Lipinski definition) is 8. The number of aryl methyl sites for hydroxylation is 1. The molecule has 1 aromatic heterocycles. The summed E-state index contributed by atoms with van der Waals surface area (Å²) in [6, 6.07) is -0.611. The summed E-state index contributed by atoms with van der Waals surface area (Å²) in [5.74, 6) is -0.531. The summed E-state index contributed by atoms with van der Waals surface area (Å²) in [6.45, 7) is 0. The van der Waals surface area contributed by atoms with Crippen molar-refractivity contribution in [2.45, 2.75) is 16.6 Å². The Kier molecular flexibility index (Phi) is 3.63. The van der Waals surface area contributed by atoms with Crippen LogP contribution >= 0.6 is 23.5 Å². The van der Waals surface area contributed by atoms with Crippen molar-refractivity contribution in [3.63, 3.8) is 0 Å². The third-order valence-electron chi connectivity index (χ3n) is 3.16. The highest BCUT2D eigenvalue weighted by atomic mass is 32.2. The van der Waals surface area contributed by atoms with Crippen molar-refractivity contribution in [3.8, 4) is 0 Å². The van der Waals surface area contributed by atoms with Gasteiger partial charge in [0.15, 0.2) is 0 Å². The minimum atomic E-state index is -1.11. The molecule has 1 unspecified atom stereocenters. The van der Waals surface area contributed by atoms with Gasteiger partial charge in [-0.05, 0) is 10.8 Å². The zero-order valence-corrected chi connectivity index (χ0v) is 12.6. The fourth-order valence-corrected chi connectivity index (χ4v) is 4.40. The van der Waals surface area contributed by atoms with Gasteiger partial charge in [0.05, 0.1) is 7.05 Å². The van der Waals surface area contributed by atoms with Crippen LogP contribution in [-0.2, 0) is 16.6 Å². The molecule has 1 aromatic rings. The number of carbonyl (C=O) groups excluding carboxylic acids is 1. The number of aliphatic carboxylic acids is 1. The van der Waals surface area contributed by atoms with Gasteiger partial charge in [0.25, 0.3) is 0 Å². The zero-order chi connectivity index (χ0) is 15.1. The molecule has 2 atom stereocenters. The predicted molar refractivity (Wildman–Crippen MR) is 75.3 cm³/mol. The molecule has 0 radical (unpaired) electrons. The Hall–Kier alpha value is -1.59. The second-order valence-corrected chi connectivity index (χ2v) is 6.59. The molecule has 0 aliphatic carbocycles. The molecular formula is C10H12N6O3S2. The van der Waals surface area contributed by atoms with Crippen LogP contribution in [0.1, 0.15) is 0 Å². The Bertz CT molecular complexity index is 644. The van der Waals surface area contributed by atoms with Crippen LogP contribution in [0.2, 0.25) is 0 Å². The number of nitrogens with two attached hydrogens (primary N) is 1. The van der Waals surface area contributed by atoms with Crippen LogP contribution in [0.25, 0.3) is 0 Å². The lowest BCUT2D eigenvalue weighted by molar-refractivity contribution is -0.147. The molecule has 0 bridgehead atoms. The molecule has 3 rings (SSSR count). The van der Waals surface area contributed by atoms with E-state index in [4.69, 9.17) is 5.73 Å². The number of fused-ring (bicyclic) bond motifs is 1. The van der Waals surface area contributed by atoms with Crippen molar-refractivity contribution < 1.29 is 14.7 Å². The average Bonchev–Trinajstić information content (AvgIpc) is 2.88. The highest BCUT2D eigenvalue weighted by Crippen LogP contribution is 2.40. The molecule has 0 spiro atoms. The van der Waals surface area contributed by atoms with Gasteiger partial charge >= 0.3 is 5.97 Å². The van der Waals surface area contributed by atoms with E-state index in [-0.39, 0.29) is 17.0 Å². The van der Waals surface area contributed by atoms with Gasteiger partial charge < -0.3 is 10.8 Å². The van der Waals surface area contributed by atoms with Crippen molar-refractivity contribution >= 4 is 35.4 Å². The third-order valence-corrected chi connectivity index (χ3v) is 5.43. The molecule has 112 valence electrons. The normalized spacial score (nSPS) is 24.9. The summed E-state index contributed by atoms with van der Waals surface area (Å²) in [5, 5.41) is 21.1. The summed E-state index contributed by atoms with van der Waals surface area (Å²) < 4.78 is 0. The number of carboxylic acids is 1. The van der Waals surface area contributed by atoms with Gasteiger partial charge in [-0.3, -0.25) is 9.69 Å². The number of carboxylic acid groups (broad SMARTS) is 1. The van der Waals surface area contributed by atoms with E-state index in [1.165, 1.54) is 33.2 Å². The van der Waals surface area contributed by atoms with E-state index in [9.17, 15) is 14.7 Å². The summed E-state index contributed by atoms with van der Waals surface area (Å²) in [7, 11) is 1.65. The first-order chi connectivity index (χ1) is 9.99. The number of aromatic nitrogens is 4. The molecule has 21 heavy (non-hydrogen) atoms. The van der Waals surface area contributed by atoms with Crippen molar-refractivity contribution in [1.82, 2.24) is 25.1 Å². The smallest absolute Gasteiger partial charge is 0.352 e. The maximum absolute atomic E-state index is 11.8. The van der Waals surface area contributed by atoms with Crippen molar-refractivity contribution in [2.24, 2.45) is 12.8 Å². The number of amides is 1. The van der Waals surface area contributed by atoms with E-state index in [1.54, 1.807) is 7.05 Å². The number of rotatable bonds is 4. The Morgan fingerprint density at radius 2 is 2.38 bits per heavy atom. The van der Waals surface area contributed by atoms with Crippen LogP contribution in [0.5, 0.6) is 0 Å². The molecule has 0 saturated carbocycles. The van der Waals surface area contributed by atoms with E-state index >= 15 is 0 Å². The molecule has 1 amide bonds. The average molecular weight is 328 g/mol. The molecular weight excluding hydrogens is 316 g/mol. The van der Waals surface area contributed by atoms with Crippen LogP contribution in [0, 0.1) is 0 Å². The standard InChI is InChI=1S/C10H12N6O3S2/c1-15-13-10(12-14-15)21-3-4-2-20-8-5(11)7(17)16(8)6(4)9(18)19/h5,8H,2-3,11H2,1H3,(H,18,19)/t5?,8-/m0/s1. The molecule has 3 heterocycles. The van der Waals surface area contributed by atoms with E-state index < -0.39 is 12.0 Å². The number of hydrogen-bond donors (Lipinski definition) is 2. The minimum absolute atomic E-state index is 0.0434. The van der Waals surface area contributed by atoms with E-state index in [0.29, 0.717) is 22.2 Å². The van der Waals surface area contributed by atoms with Crippen molar-refractivity contribution in [3.05, 3.63) is 11.3 Å². The minimum Gasteiger partial charge on any atom is -0.477 e.